The number of hydrogen-bond acceptors (Lipinski definition) is 6. The van der Waals surface area contributed by atoms with Gasteiger partial charge in [0.15, 0.2) is 11.5 Å². The van der Waals surface area contributed by atoms with Crippen LogP contribution in [0.15, 0.2) is 206 Å². The summed E-state index contributed by atoms with van der Waals surface area (Å²) in [6.45, 7) is 10.0. The average molecular weight is 1170 g/mol. The highest BCUT2D eigenvalue weighted by Crippen LogP contribution is 2.58. The van der Waals surface area contributed by atoms with Gasteiger partial charge in [0, 0.05) is 12.2 Å². The first-order valence-electron chi connectivity index (χ1n) is 31.3. The Labute approximate surface area is 530 Å². The van der Waals surface area contributed by atoms with Gasteiger partial charge >= 0.3 is 0 Å². The number of benzene rings is 10. The summed E-state index contributed by atoms with van der Waals surface area (Å²) in [5.74, 6) is 23.8. The molecule has 6 nitrogen and oxygen atoms in total. The van der Waals surface area contributed by atoms with Crippen LogP contribution < -0.4 is 24.8 Å². The summed E-state index contributed by atoms with van der Waals surface area (Å²) >= 11 is 0. The van der Waals surface area contributed by atoms with Crippen molar-refractivity contribution >= 4 is 17.1 Å². The van der Waals surface area contributed by atoms with Crippen LogP contribution in [0.3, 0.4) is 0 Å². The molecule has 3 aliphatic rings. The van der Waals surface area contributed by atoms with E-state index in [1.54, 1.807) is 12.1 Å². The molecule has 1 aliphatic heterocycles. The molecule has 0 bridgehead atoms. The van der Waals surface area contributed by atoms with Crippen molar-refractivity contribution < 1.29 is 19.3 Å². The Morgan fingerprint density at radius 1 is 0.478 bits per heavy atom. The van der Waals surface area contributed by atoms with E-state index in [4.69, 9.17) is 26.4 Å². The van der Waals surface area contributed by atoms with Gasteiger partial charge in [-0.2, -0.15) is 0 Å². The molecule has 0 spiro atoms. The lowest BCUT2D eigenvalue weighted by Gasteiger charge is -2.34. The number of phenolic OH excluding ortho intramolecular Hbond substituents is 1. The summed E-state index contributed by atoms with van der Waals surface area (Å²) in [6, 6.07) is 73.9. The minimum Gasteiger partial charge on any atom is -0.508 e. The summed E-state index contributed by atoms with van der Waals surface area (Å²) in [4.78, 5) is 2.33. The minimum absolute atomic E-state index is 0.222. The quantitative estimate of drug-likeness (QED) is 0.0659. The van der Waals surface area contributed by atoms with Gasteiger partial charge in [0.1, 0.15) is 30.5 Å². The van der Waals surface area contributed by atoms with Crippen LogP contribution in [0.25, 0.3) is 22.3 Å². The van der Waals surface area contributed by atoms with Gasteiger partial charge in [-0.1, -0.05) is 158 Å². The summed E-state index contributed by atoms with van der Waals surface area (Å²) in [5, 5.41) is 10.7. The number of aromatic hydroxyl groups is 1. The number of fused-ring (bicyclic) bond motifs is 8. The van der Waals surface area contributed by atoms with E-state index in [9.17, 15) is 5.11 Å². The van der Waals surface area contributed by atoms with Crippen molar-refractivity contribution in [3.8, 4) is 98.9 Å². The highest BCUT2D eigenvalue weighted by Gasteiger charge is 2.47. The third-order valence-electron chi connectivity index (χ3n) is 18.2. The van der Waals surface area contributed by atoms with Crippen molar-refractivity contribution in [2.24, 2.45) is 5.73 Å². The first kappa shape index (κ1) is 58.4. The summed E-state index contributed by atoms with van der Waals surface area (Å²) in [5.41, 5.74) is 29.0. The number of rotatable bonds is 18. The number of phenols is 1. The van der Waals surface area contributed by atoms with Gasteiger partial charge < -0.3 is 30.0 Å². The fourth-order valence-electron chi connectivity index (χ4n) is 13.5. The van der Waals surface area contributed by atoms with Crippen LogP contribution >= 0.6 is 0 Å². The summed E-state index contributed by atoms with van der Waals surface area (Å²) < 4.78 is 19.0. The maximum atomic E-state index is 10.7. The molecular formula is C84H70N2O4. The molecule has 0 aromatic heterocycles. The second-order valence-electron chi connectivity index (χ2n) is 24.1. The Hall–Kier alpha value is -10.6. The molecule has 13 rings (SSSR count). The number of aryl methyl sites for hydroxylation is 7. The minimum atomic E-state index is -0.685. The molecule has 0 amide bonds. The molecule has 0 fully saturated rings. The van der Waals surface area contributed by atoms with Crippen molar-refractivity contribution in [2.75, 3.05) is 18.1 Å². The van der Waals surface area contributed by atoms with Crippen LogP contribution in [0.4, 0.5) is 17.1 Å². The van der Waals surface area contributed by atoms with Crippen molar-refractivity contribution in [1.29, 1.82) is 0 Å². The number of unbranched alkanes of at least 4 members (excludes halogenated alkanes) is 1. The first-order valence-corrected chi connectivity index (χ1v) is 31.3. The van der Waals surface area contributed by atoms with E-state index in [1.165, 1.54) is 90.7 Å². The van der Waals surface area contributed by atoms with Crippen LogP contribution in [-0.4, -0.2) is 18.3 Å². The smallest absolute Gasteiger partial charge is 0.151 e. The fourth-order valence-corrected chi connectivity index (χ4v) is 13.5. The van der Waals surface area contributed by atoms with Crippen LogP contribution in [0.5, 0.6) is 28.7 Å². The molecule has 10 aromatic carbocycles. The van der Waals surface area contributed by atoms with E-state index >= 15 is 0 Å². The topological polar surface area (TPSA) is 77.2 Å². The number of nitrogens with two attached hydrogens (primary N) is 1. The normalized spacial score (nSPS) is 15.1. The zero-order valence-electron chi connectivity index (χ0n) is 51.5. The Bertz CT molecular complexity index is 4610. The molecule has 1 heterocycles. The van der Waals surface area contributed by atoms with E-state index in [0.29, 0.717) is 19.8 Å². The molecule has 440 valence electrons. The zero-order valence-corrected chi connectivity index (χ0v) is 51.5. The number of ether oxygens (including phenoxy) is 3. The standard InChI is InChI=1S/C84H70N2O4/c1-6-8-10-11-12-13-47-83(5)75-52-60(25-42-71(75)72-43-26-61(53-76(72)83)19-20-63-28-46-80-82(55-63)90-81-51-58(4)16-45-79(81)86(80)67-33-21-59(22-34-67)14-9-7-2)17-18-62-27-44-74-73-41-15-57(3)50-77(73)84(78(74)54-62,65-29-35-68(87)36-30-65)66-31-39-70(40-32-66)89-49-48-88-69-37-23-64(56-85)24-38-69/h1,15-16,21-46,50-55,87H,7,9,14,17-20,48-49,56,85H2,2-5H3. The van der Waals surface area contributed by atoms with E-state index < -0.39 is 10.8 Å². The monoisotopic (exact) mass is 1170 g/mol. The van der Waals surface area contributed by atoms with Crippen LogP contribution in [0.2, 0.25) is 0 Å². The average Bonchev–Trinajstić information content (AvgIpc) is 1.53. The molecule has 10 aromatic rings. The molecule has 2 atom stereocenters. The third-order valence-corrected chi connectivity index (χ3v) is 18.2. The van der Waals surface area contributed by atoms with E-state index in [0.717, 1.165) is 94.4 Å². The predicted molar refractivity (Wildman–Crippen MR) is 365 cm³/mol. The Balaban J connectivity index is 0.772. The van der Waals surface area contributed by atoms with Gasteiger partial charge in [-0.3, -0.25) is 0 Å². The Kier molecular flexibility index (Phi) is 16.4. The van der Waals surface area contributed by atoms with Crippen molar-refractivity contribution in [3.05, 3.63) is 284 Å². The highest BCUT2D eigenvalue weighted by atomic mass is 16.5. The molecule has 3 N–H and O–H groups in total. The molecule has 90 heavy (non-hydrogen) atoms. The van der Waals surface area contributed by atoms with Gasteiger partial charge in [0.05, 0.1) is 22.2 Å². The lowest BCUT2D eigenvalue weighted by atomic mass is 9.67. The van der Waals surface area contributed by atoms with Gasteiger partial charge in [0.25, 0.3) is 0 Å². The van der Waals surface area contributed by atoms with Crippen molar-refractivity contribution in [2.45, 2.75) is 90.0 Å². The van der Waals surface area contributed by atoms with Gasteiger partial charge in [0.2, 0.25) is 0 Å². The largest absolute Gasteiger partial charge is 0.508 e. The maximum absolute atomic E-state index is 10.7. The number of anilines is 3. The Morgan fingerprint density at radius 3 is 1.53 bits per heavy atom. The Morgan fingerprint density at radius 2 is 0.933 bits per heavy atom. The van der Waals surface area contributed by atoms with Crippen LogP contribution in [0, 0.1) is 61.7 Å². The van der Waals surface area contributed by atoms with Crippen molar-refractivity contribution in [3.63, 3.8) is 0 Å². The second kappa shape index (κ2) is 25.2. The number of terminal acetylenes is 1. The predicted octanol–water partition coefficient (Wildman–Crippen LogP) is 17.7. The van der Waals surface area contributed by atoms with E-state index in [-0.39, 0.29) is 5.75 Å². The van der Waals surface area contributed by atoms with Gasteiger partial charge in [-0.15, -0.1) is 6.42 Å². The van der Waals surface area contributed by atoms with E-state index in [2.05, 4.69) is 244 Å². The van der Waals surface area contributed by atoms with Gasteiger partial charge in [-0.05, 0) is 262 Å². The van der Waals surface area contributed by atoms with Crippen LogP contribution in [-0.2, 0) is 49.5 Å². The SMILES string of the molecule is C#CC#CC#CC#CC1(C)c2cc(CCc3ccc4c(c3)Oc3cc(C)ccc3N4c3ccc(CCCC)cc3)ccc2-c2ccc(CCc3ccc4c(c3)C(c3ccc(O)cc3)(c3ccc(OCCOc5ccc(CN)cc5)cc3)c3cc(C)ccc3-4)cc21. The highest BCUT2D eigenvalue weighted by molar-refractivity contribution is 5.89. The molecule has 0 saturated heterocycles. The van der Waals surface area contributed by atoms with Crippen molar-refractivity contribution in [1.82, 2.24) is 0 Å². The molecular weight excluding hydrogens is 1100 g/mol. The molecule has 2 unspecified atom stereocenters. The number of nitrogens with zero attached hydrogens (tertiary/aromatic N) is 1. The lowest BCUT2D eigenvalue weighted by molar-refractivity contribution is 0.217. The first-order chi connectivity index (χ1) is 44.0. The summed E-state index contributed by atoms with van der Waals surface area (Å²) in [6.07, 6.45) is 12.1. The fraction of sp³-hybridized carbons (Fsp3) is 0.190. The lowest BCUT2D eigenvalue weighted by Crippen LogP contribution is -2.28. The molecule has 0 radical (unpaired) electrons. The zero-order chi connectivity index (χ0) is 61.8. The molecule has 2 aliphatic carbocycles. The molecule has 0 saturated carbocycles. The maximum Gasteiger partial charge on any atom is 0.151 e. The summed E-state index contributed by atoms with van der Waals surface area (Å²) in [7, 11) is 0. The van der Waals surface area contributed by atoms with Gasteiger partial charge in [-0.25, -0.2) is 0 Å². The third kappa shape index (κ3) is 11.4. The number of hydrogen-bond donors (Lipinski definition) is 2. The van der Waals surface area contributed by atoms with E-state index in [1.807, 2.05) is 24.3 Å². The second-order valence-corrected chi connectivity index (χ2v) is 24.1. The molecule has 6 heteroatoms. The van der Waals surface area contributed by atoms with Crippen LogP contribution in [0.1, 0.15) is 105 Å².